The van der Waals surface area contributed by atoms with Crippen molar-refractivity contribution in [1.29, 1.82) is 5.26 Å². The van der Waals surface area contributed by atoms with Crippen LogP contribution in [0.1, 0.15) is 23.6 Å². The molecular weight excluding hydrogens is 326 g/mol. The molecule has 1 saturated heterocycles. The lowest BCUT2D eigenvalue weighted by Gasteiger charge is -2.22. The van der Waals surface area contributed by atoms with Crippen LogP contribution in [-0.2, 0) is 16.9 Å². The molecule has 1 atom stereocenters. The van der Waals surface area contributed by atoms with Crippen LogP contribution < -0.4 is 5.32 Å². The molecule has 2 aromatic carbocycles. The summed E-state index contributed by atoms with van der Waals surface area (Å²) in [6, 6.07) is 15.2. The molecule has 1 unspecified atom stereocenters. The Bertz CT molecular complexity index is 857. The van der Waals surface area contributed by atoms with E-state index in [1.165, 1.54) is 0 Å². The molecule has 24 heavy (non-hydrogen) atoms. The second kappa shape index (κ2) is 5.99. The Kier molecular flexibility index (Phi) is 4.00. The molecule has 5 nitrogen and oxygen atoms in total. The molecule has 1 fully saturated rings. The van der Waals surface area contributed by atoms with Gasteiger partial charge in [0, 0.05) is 5.02 Å². The van der Waals surface area contributed by atoms with E-state index in [1.807, 2.05) is 6.07 Å². The number of imide groups is 1. The summed E-state index contributed by atoms with van der Waals surface area (Å²) >= 11 is 6.12. The highest BCUT2D eigenvalue weighted by molar-refractivity contribution is 6.31. The summed E-state index contributed by atoms with van der Waals surface area (Å²) in [6.45, 7) is 1.76. The number of halogens is 1. The quantitative estimate of drug-likeness (QED) is 0.873. The van der Waals surface area contributed by atoms with Gasteiger partial charge < -0.3 is 5.32 Å². The molecule has 0 aromatic heterocycles. The molecule has 0 spiro atoms. The van der Waals surface area contributed by atoms with Crippen molar-refractivity contribution in [2.24, 2.45) is 0 Å². The molecule has 120 valence electrons. The molecule has 0 aliphatic carbocycles. The SMILES string of the molecule is CC1(c2ccc(C#N)cc2)NC(=O)N(Cc2ccccc2Cl)C1=O. The van der Waals surface area contributed by atoms with E-state index < -0.39 is 11.6 Å². The summed E-state index contributed by atoms with van der Waals surface area (Å²) in [5.41, 5.74) is 0.659. The Labute approximate surface area is 144 Å². The summed E-state index contributed by atoms with van der Waals surface area (Å²) in [7, 11) is 0. The molecule has 6 heteroatoms. The van der Waals surface area contributed by atoms with Gasteiger partial charge in [-0.15, -0.1) is 0 Å². The maximum absolute atomic E-state index is 12.8. The van der Waals surface area contributed by atoms with Crippen molar-refractivity contribution >= 4 is 23.5 Å². The topological polar surface area (TPSA) is 73.2 Å². The Morgan fingerprint density at radius 2 is 1.83 bits per heavy atom. The van der Waals surface area contributed by atoms with Crippen LogP contribution in [0.3, 0.4) is 0 Å². The predicted molar refractivity (Wildman–Crippen MR) is 89.0 cm³/mol. The van der Waals surface area contributed by atoms with Crippen molar-refractivity contribution in [3.05, 3.63) is 70.2 Å². The highest BCUT2D eigenvalue weighted by atomic mass is 35.5. The van der Waals surface area contributed by atoms with Crippen molar-refractivity contribution in [2.75, 3.05) is 0 Å². The fourth-order valence-corrected chi connectivity index (χ4v) is 2.91. The van der Waals surface area contributed by atoms with Crippen molar-refractivity contribution in [3.63, 3.8) is 0 Å². The van der Waals surface area contributed by atoms with Gasteiger partial charge in [-0.3, -0.25) is 9.69 Å². The fraction of sp³-hybridized carbons (Fsp3) is 0.167. The molecule has 3 rings (SSSR count). The van der Waals surface area contributed by atoms with Gasteiger partial charge in [-0.2, -0.15) is 5.26 Å². The highest BCUT2D eigenvalue weighted by Crippen LogP contribution is 2.30. The van der Waals surface area contributed by atoms with Crippen LogP contribution in [0, 0.1) is 11.3 Å². The van der Waals surface area contributed by atoms with Crippen LogP contribution in [0.2, 0.25) is 5.02 Å². The first-order valence-corrected chi connectivity index (χ1v) is 7.71. The van der Waals surface area contributed by atoms with Crippen LogP contribution in [0.5, 0.6) is 0 Å². The summed E-state index contributed by atoms with van der Waals surface area (Å²) in [5, 5.41) is 12.1. The Hall–Kier alpha value is -2.84. The standard InChI is InChI=1S/C18H14ClN3O2/c1-18(14-8-6-12(10-20)7-9-14)16(23)22(17(24)21-18)11-13-4-2-3-5-15(13)19/h2-9H,11H2,1H3,(H,21,24). The average molecular weight is 340 g/mol. The van der Waals surface area contributed by atoms with Gasteiger partial charge in [0.2, 0.25) is 0 Å². The summed E-state index contributed by atoms with van der Waals surface area (Å²) in [6.07, 6.45) is 0. The van der Waals surface area contributed by atoms with Crippen LogP contribution in [-0.4, -0.2) is 16.8 Å². The minimum Gasteiger partial charge on any atom is -0.319 e. The maximum Gasteiger partial charge on any atom is 0.325 e. The van der Waals surface area contributed by atoms with Crippen LogP contribution in [0.15, 0.2) is 48.5 Å². The molecule has 2 aromatic rings. The largest absolute Gasteiger partial charge is 0.325 e. The third-order valence-electron chi connectivity index (χ3n) is 4.15. The first-order chi connectivity index (χ1) is 11.5. The van der Waals surface area contributed by atoms with Gasteiger partial charge in [0.1, 0.15) is 5.54 Å². The lowest BCUT2D eigenvalue weighted by molar-refractivity contribution is -0.131. The molecule has 0 bridgehead atoms. The molecule has 1 heterocycles. The summed E-state index contributed by atoms with van der Waals surface area (Å²) in [5.74, 6) is -0.350. The average Bonchev–Trinajstić information content (AvgIpc) is 2.81. The van der Waals surface area contributed by atoms with E-state index >= 15 is 0 Å². The van der Waals surface area contributed by atoms with E-state index in [1.54, 1.807) is 55.5 Å². The summed E-state index contributed by atoms with van der Waals surface area (Å²) < 4.78 is 0. The van der Waals surface area contributed by atoms with E-state index in [0.717, 1.165) is 4.90 Å². The predicted octanol–water partition coefficient (Wildman–Crippen LogP) is 3.18. The minimum atomic E-state index is -1.16. The van der Waals surface area contributed by atoms with E-state index in [2.05, 4.69) is 5.32 Å². The molecule has 1 aliphatic heterocycles. The monoisotopic (exact) mass is 339 g/mol. The number of nitrogens with zero attached hydrogens (tertiary/aromatic N) is 2. The molecule has 1 aliphatic rings. The fourth-order valence-electron chi connectivity index (χ4n) is 2.71. The lowest BCUT2D eigenvalue weighted by Crippen LogP contribution is -2.40. The molecule has 0 radical (unpaired) electrons. The lowest BCUT2D eigenvalue weighted by atomic mass is 9.91. The van der Waals surface area contributed by atoms with Crippen molar-refractivity contribution < 1.29 is 9.59 Å². The Morgan fingerprint density at radius 1 is 1.17 bits per heavy atom. The van der Waals surface area contributed by atoms with Crippen LogP contribution in [0.25, 0.3) is 0 Å². The smallest absolute Gasteiger partial charge is 0.319 e. The van der Waals surface area contributed by atoms with Crippen molar-refractivity contribution in [3.8, 4) is 6.07 Å². The van der Waals surface area contributed by atoms with E-state index in [4.69, 9.17) is 16.9 Å². The molecule has 0 saturated carbocycles. The molecule has 3 amide bonds. The van der Waals surface area contributed by atoms with Gasteiger partial charge >= 0.3 is 6.03 Å². The highest BCUT2D eigenvalue weighted by Gasteiger charge is 2.48. The van der Waals surface area contributed by atoms with Gasteiger partial charge in [0.25, 0.3) is 5.91 Å². The second-order valence-corrected chi connectivity index (χ2v) is 6.13. The molecular formula is C18H14ClN3O2. The van der Waals surface area contributed by atoms with Crippen molar-refractivity contribution in [1.82, 2.24) is 10.2 Å². The number of carbonyl (C=O) groups excluding carboxylic acids is 2. The number of nitriles is 1. The number of rotatable bonds is 3. The maximum atomic E-state index is 12.8. The molecule has 1 N–H and O–H groups in total. The number of nitrogens with one attached hydrogen (secondary N) is 1. The third kappa shape index (κ3) is 2.61. The van der Waals surface area contributed by atoms with E-state index in [9.17, 15) is 9.59 Å². The zero-order chi connectivity index (χ0) is 17.3. The number of hydrogen-bond donors (Lipinski definition) is 1. The number of hydrogen-bond acceptors (Lipinski definition) is 3. The van der Waals surface area contributed by atoms with E-state index in [0.29, 0.717) is 21.7 Å². The van der Waals surface area contributed by atoms with Gasteiger partial charge in [-0.1, -0.05) is 41.9 Å². The van der Waals surface area contributed by atoms with Crippen LogP contribution in [0.4, 0.5) is 4.79 Å². The first-order valence-electron chi connectivity index (χ1n) is 7.34. The number of amides is 3. The first kappa shape index (κ1) is 16.0. The normalized spacial score (nSPS) is 20.0. The van der Waals surface area contributed by atoms with Gasteiger partial charge in [-0.25, -0.2) is 4.79 Å². The van der Waals surface area contributed by atoms with Gasteiger partial charge in [0.15, 0.2) is 0 Å². The second-order valence-electron chi connectivity index (χ2n) is 5.73. The summed E-state index contributed by atoms with van der Waals surface area (Å²) in [4.78, 5) is 26.3. The van der Waals surface area contributed by atoms with Gasteiger partial charge in [-0.05, 0) is 36.2 Å². The zero-order valence-electron chi connectivity index (χ0n) is 12.9. The Morgan fingerprint density at radius 3 is 2.46 bits per heavy atom. The van der Waals surface area contributed by atoms with Crippen LogP contribution >= 0.6 is 11.6 Å². The third-order valence-corrected chi connectivity index (χ3v) is 4.52. The van der Waals surface area contributed by atoms with Crippen molar-refractivity contribution in [2.45, 2.75) is 19.0 Å². The number of urea groups is 1. The number of carbonyl (C=O) groups is 2. The minimum absolute atomic E-state index is 0.107. The zero-order valence-corrected chi connectivity index (χ0v) is 13.7. The van der Waals surface area contributed by atoms with Gasteiger partial charge in [0.05, 0.1) is 18.2 Å². The number of benzene rings is 2. The Balaban J connectivity index is 1.90. The van der Waals surface area contributed by atoms with E-state index in [-0.39, 0.29) is 12.5 Å².